The van der Waals surface area contributed by atoms with Gasteiger partial charge in [0.05, 0.1) is 24.1 Å². The molecule has 8 heteroatoms. The van der Waals surface area contributed by atoms with E-state index in [9.17, 15) is 15.0 Å². The van der Waals surface area contributed by atoms with Crippen molar-refractivity contribution in [1.29, 1.82) is 0 Å². The molecule has 0 radical (unpaired) electrons. The summed E-state index contributed by atoms with van der Waals surface area (Å²) in [5.74, 6) is 0.493. The molecular formula is C12H18N4O3S. The van der Waals surface area contributed by atoms with Crippen molar-refractivity contribution in [2.45, 2.75) is 18.8 Å². The molecule has 0 aliphatic carbocycles. The number of aromatic amines is 2. The van der Waals surface area contributed by atoms with Crippen LogP contribution in [0.1, 0.15) is 5.56 Å². The van der Waals surface area contributed by atoms with Crippen LogP contribution in [0.25, 0.3) is 11.0 Å². The fraction of sp³-hybridized carbons (Fsp3) is 0.500. The molecule has 0 spiro atoms. The van der Waals surface area contributed by atoms with Crippen molar-refractivity contribution in [3.05, 3.63) is 28.4 Å². The van der Waals surface area contributed by atoms with E-state index in [-0.39, 0.29) is 12.1 Å². The van der Waals surface area contributed by atoms with Crippen molar-refractivity contribution < 1.29 is 10.2 Å². The maximum atomic E-state index is 11.5. The van der Waals surface area contributed by atoms with E-state index in [2.05, 4.69) is 20.3 Å². The summed E-state index contributed by atoms with van der Waals surface area (Å²) in [5, 5.41) is 22.4. The number of thioether (sulfide) groups is 1. The zero-order valence-electron chi connectivity index (χ0n) is 11.1. The molecule has 0 aromatic carbocycles. The minimum absolute atomic E-state index is 0.211. The van der Waals surface area contributed by atoms with Crippen LogP contribution in [0.5, 0.6) is 0 Å². The van der Waals surface area contributed by atoms with Crippen molar-refractivity contribution in [1.82, 2.24) is 20.3 Å². The molecule has 2 rings (SSSR count). The van der Waals surface area contributed by atoms with Crippen LogP contribution in [0, 0.1) is 0 Å². The Bertz CT molecular complexity index is 612. The van der Waals surface area contributed by atoms with E-state index in [1.165, 1.54) is 18.1 Å². The third-order valence-electron chi connectivity index (χ3n) is 3.00. The fourth-order valence-corrected chi connectivity index (χ4v) is 2.48. The monoisotopic (exact) mass is 298 g/mol. The second kappa shape index (κ2) is 6.89. The van der Waals surface area contributed by atoms with Gasteiger partial charge in [-0.2, -0.15) is 11.8 Å². The van der Waals surface area contributed by atoms with Crippen LogP contribution < -0.4 is 10.9 Å². The maximum Gasteiger partial charge on any atom is 0.275 e. The summed E-state index contributed by atoms with van der Waals surface area (Å²) in [5.41, 5.74) is 1.68. The summed E-state index contributed by atoms with van der Waals surface area (Å²) in [6.07, 6.45) is 3.38. The molecule has 0 aliphatic rings. The van der Waals surface area contributed by atoms with E-state index in [1.807, 2.05) is 6.26 Å². The third-order valence-corrected chi connectivity index (χ3v) is 3.67. The second-order valence-electron chi connectivity index (χ2n) is 4.49. The molecule has 0 saturated carbocycles. The lowest BCUT2D eigenvalue weighted by Gasteiger charge is -2.17. The summed E-state index contributed by atoms with van der Waals surface area (Å²) in [6.45, 7) is 0.733. The molecule has 2 aromatic rings. The lowest BCUT2D eigenvalue weighted by Crippen LogP contribution is -2.37. The van der Waals surface area contributed by atoms with E-state index in [0.717, 1.165) is 5.56 Å². The molecule has 110 valence electrons. The molecule has 0 fully saturated rings. The normalized spacial score (nSPS) is 14.6. The molecule has 0 unspecified atom stereocenters. The van der Waals surface area contributed by atoms with Crippen molar-refractivity contribution in [2.24, 2.45) is 0 Å². The number of rotatable bonds is 7. The molecule has 0 aliphatic heterocycles. The topological polar surface area (TPSA) is 114 Å². The van der Waals surface area contributed by atoms with Crippen molar-refractivity contribution in [3.63, 3.8) is 0 Å². The van der Waals surface area contributed by atoms with E-state index < -0.39 is 12.2 Å². The lowest BCUT2D eigenvalue weighted by molar-refractivity contribution is 0.0347. The number of H-pyrrole nitrogens is 2. The molecule has 0 amide bonds. The molecule has 2 aromatic heterocycles. The van der Waals surface area contributed by atoms with Crippen LogP contribution in [0.15, 0.2) is 17.3 Å². The maximum absolute atomic E-state index is 11.5. The minimum atomic E-state index is -0.816. The van der Waals surface area contributed by atoms with Crippen LogP contribution in [0.2, 0.25) is 0 Å². The number of nitrogens with one attached hydrogen (secondary N) is 3. The largest absolute Gasteiger partial charge is 0.390 e. The third kappa shape index (κ3) is 3.40. The van der Waals surface area contributed by atoms with E-state index >= 15 is 0 Å². The highest BCUT2D eigenvalue weighted by atomic mass is 32.2. The molecule has 20 heavy (non-hydrogen) atoms. The Morgan fingerprint density at radius 1 is 1.40 bits per heavy atom. The van der Waals surface area contributed by atoms with Gasteiger partial charge in [0.25, 0.3) is 5.56 Å². The van der Waals surface area contributed by atoms with Gasteiger partial charge in [0.2, 0.25) is 0 Å². The average molecular weight is 298 g/mol. The first-order chi connectivity index (χ1) is 9.63. The molecule has 2 atom stereocenters. The quantitative estimate of drug-likeness (QED) is 0.467. The van der Waals surface area contributed by atoms with Gasteiger partial charge in [0.1, 0.15) is 5.52 Å². The summed E-state index contributed by atoms with van der Waals surface area (Å²) in [4.78, 5) is 21.0. The zero-order chi connectivity index (χ0) is 14.5. The summed E-state index contributed by atoms with van der Waals surface area (Å²) < 4.78 is 0. The van der Waals surface area contributed by atoms with Crippen LogP contribution in [0.3, 0.4) is 0 Å². The second-order valence-corrected chi connectivity index (χ2v) is 5.40. The van der Waals surface area contributed by atoms with Crippen LogP contribution >= 0.6 is 11.8 Å². The van der Waals surface area contributed by atoms with Crippen LogP contribution in [-0.4, -0.2) is 55.9 Å². The number of hydrogen-bond donors (Lipinski definition) is 5. The van der Waals surface area contributed by atoms with Gasteiger partial charge in [-0.1, -0.05) is 0 Å². The molecule has 0 bridgehead atoms. The Hall–Kier alpha value is -1.35. The standard InChI is InChI=1S/C12H18N4O3S/c1-20-5-9(18)8(17)4-13-2-7-3-14-11-10(7)15-6-16-12(11)19/h3,6,8-9,13-14,17-18H,2,4-5H2,1H3,(H,15,16,19)/t8-,9+/m1/s1. The van der Waals surface area contributed by atoms with Crippen molar-refractivity contribution >= 4 is 22.8 Å². The number of fused-ring (bicyclic) bond motifs is 1. The first kappa shape index (κ1) is 15.0. The SMILES string of the molecule is CSC[C@H](O)[C@H](O)CNCc1c[nH]c2c(=O)[nH]cnc12. The number of hydrogen-bond acceptors (Lipinski definition) is 6. The molecular weight excluding hydrogens is 280 g/mol. The number of nitrogens with zero attached hydrogens (tertiary/aromatic N) is 1. The van der Waals surface area contributed by atoms with Crippen molar-refractivity contribution in [3.8, 4) is 0 Å². The summed E-state index contributed by atoms with van der Waals surface area (Å²) >= 11 is 1.48. The number of aromatic nitrogens is 3. The van der Waals surface area contributed by atoms with E-state index in [4.69, 9.17) is 0 Å². The Balaban J connectivity index is 1.93. The first-order valence-electron chi connectivity index (χ1n) is 6.23. The number of aliphatic hydroxyl groups is 2. The highest BCUT2D eigenvalue weighted by Gasteiger charge is 2.15. The number of aliphatic hydroxyl groups excluding tert-OH is 2. The first-order valence-corrected chi connectivity index (χ1v) is 7.62. The molecule has 7 nitrogen and oxygen atoms in total. The van der Waals surface area contributed by atoms with E-state index in [0.29, 0.717) is 23.3 Å². The van der Waals surface area contributed by atoms with Gasteiger partial charge in [-0.3, -0.25) is 4.79 Å². The predicted octanol–water partition coefficient (Wildman–Crippen LogP) is -0.574. The fourth-order valence-electron chi connectivity index (χ4n) is 1.91. The van der Waals surface area contributed by atoms with Gasteiger partial charge in [-0.05, 0) is 6.26 Å². The van der Waals surface area contributed by atoms with Gasteiger partial charge >= 0.3 is 0 Å². The lowest BCUT2D eigenvalue weighted by atomic mass is 10.2. The van der Waals surface area contributed by atoms with Gasteiger partial charge in [-0.25, -0.2) is 4.98 Å². The zero-order valence-corrected chi connectivity index (χ0v) is 11.9. The van der Waals surface area contributed by atoms with Crippen molar-refractivity contribution in [2.75, 3.05) is 18.6 Å². The molecule has 0 saturated heterocycles. The Labute approximate surface area is 119 Å². The predicted molar refractivity (Wildman–Crippen MR) is 78.8 cm³/mol. The van der Waals surface area contributed by atoms with Gasteiger partial charge in [-0.15, -0.1) is 0 Å². The molecule has 2 heterocycles. The van der Waals surface area contributed by atoms with Gasteiger partial charge in [0, 0.05) is 30.6 Å². The summed E-state index contributed by atoms with van der Waals surface area (Å²) in [6, 6.07) is 0. The smallest absolute Gasteiger partial charge is 0.275 e. The Morgan fingerprint density at radius 3 is 2.95 bits per heavy atom. The van der Waals surface area contributed by atoms with E-state index in [1.54, 1.807) is 6.20 Å². The van der Waals surface area contributed by atoms with Crippen LogP contribution in [-0.2, 0) is 6.54 Å². The van der Waals surface area contributed by atoms with Gasteiger partial charge < -0.3 is 25.5 Å². The van der Waals surface area contributed by atoms with Gasteiger partial charge in [0.15, 0.2) is 0 Å². The summed E-state index contributed by atoms with van der Waals surface area (Å²) in [7, 11) is 0. The Morgan fingerprint density at radius 2 is 2.20 bits per heavy atom. The molecule has 5 N–H and O–H groups in total. The highest BCUT2D eigenvalue weighted by Crippen LogP contribution is 2.11. The van der Waals surface area contributed by atoms with Crippen LogP contribution in [0.4, 0.5) is 0 Å². The minimum Gasteiger partial charge on any atom is -0.390 e. The Kier molecular flexibility index (Phi) is 5.18. The highest BCUT2D eigenvalue weighted by molar-refractivity contribution is 7.98. The average Bonchev–Trinajstić information content (AvgIpc) is 2.84.